The number of allylic oxidation sites excluding steroid dienone is 3. The van der Waals surface area contributed by atoms with E-state index in [1.54, 1.807) is 11.8 Å². The molecule has 1 heterocycles. The van der Waals surface area contributed by atoms with E-state index in [1.807, 2.05) is 12.5 Å². The molecule has 2 heteroatoms. The molecule has 1 aliphatic heterocycles. The van der Waals surface area contributed by atoms with E-state index in [4.69, 9.17) is 0 Å². The highest BCUT2D eigenvalue weighted by Gasteiger charge is 2.10. The molecule has 0 saturated carbocycles. The van der Waals surface area contributed by atoms with Crippen molar-refractivity contribution in [3.05, 3.63) is 23.1 Å². The molecule has 0 aromatic carbocycles. The minimum absolute atomic E-state index is 0.394. The Hall–Kier alpha value is -0.500. The number of thioether (sulfide) groups is 1. The van der Waals surface area contributed by atoms with Gasteiger partial charge in [0.25, 0.3) is 0 Å². The van der Waals surface area contributed by atoms with Crippen LogP contribution in [-0.4, -0.2) is 11.6 Å². The molecule has 0 bridgehead atoms. The maximum atomic E-state index is 4.24. The first kappa shape index (κ1) is 8.60. The molecule has 0 spiro atoms. The van der Waals surface area contributed by atoms with Gasteiger partial charge in [0.15, 0.2) is 0 Å². The van der Waals surface area contributed by atoms with E-state index in [9.17, 15) is 0 Å². The van der Waals surface area contributed by atoms with Crippen molar-refractivity contribution in [2.75, 3.05) is 0 Å². The lowest BCUT2D eigenvalue weighted by atomic mass is 10.2. The molecule has 1 atom stereocenters. The van der Waals surface area contributed by atoms with E-state index in [-0.39, 0.29) is 0 Å². The van der Waals surface area contributed by atoms with Crippen LogP contribution in [0.5, 0.6) is 0 Å². The number of nitrogens with zero attached hydrogens (tertiary/aromatic N) is 1. The highest BCUT2D eigenvalue weighted by atomic mass is 32.2. The third-order valence-corrected chi connectivity index (χ3v) is 2.58. The van der Waals surface area contributed by atoms with Crippen LogP contribution in [0.25, 0.3) is 0 Å². The van der Waals surface area contributed by atoms with Crippen molar-refractivity contribution in [3.63, 3.8) is 0 Å². The van der Waals surface area contributed by atoms with Crippen molar-refractivity contribution >= 4 is 17.3 Å². The summed E-state index contributed by atoms with van der Waals surface area (Å²) in [5.41, 5.74) is 1.92. The number of aliphatic imine (C=N–C) groups is 1. The SMILES string of the molecule is C/C=C\C/C=C1\SC=NC1C. The summed E-state index contributed by atoms with van der Waals surface area (Å²) >= 11 is 1.74. The lowest BCUT2D eigenvalue weighted by Crippen LogP contribution is -1.92. The third kappa shape index (κ3) is 2.54. The standard InChI is InChI=1S/C9H13NS/c1-3-4-5-6-9-8(2)10-7-11-9/h3-4,6-8H,5H2,1-2H3/b4-3-,9-6-. The molecule has 1 nitrogen and oxygen atoms in total. The smallest absolute Gasteiger partial charge is 0.0786 e. The molecule has 1 unspecified atom stereocenters. The van der Waals surface area contributed by atoms with Gasteiger partial charge in [-0.1, -0.05) is 30.0 Å². The van der Waals surface area contributed by atoms with Gasteiger partial charge in [0.05, 0.1) is 11.6 Å². The average molecular weight is 167 g/mol. The van der Waals surface area contributed by atoms with Crippen LogP contribution in [0, 0.1) is 0 Å². The Morgan fingerprint density at radius 2 is 2.55 bits per heavy atom. The van der Waals surface area contributed by atoms with Crippen molar-refractivity contribution in [3.8, 4) is 0 Å². The van der Waals surface area contributed by atoms with Gasteiger partial charge >= 0.3 is 0 Å². The second-order valence-electron chi connectivity index (χ2n) is 2.46. The molecule has 0 N–H and O–H groups in total. The van der Waals surface area contributed by atoms with Gasteiger partial charge in [-0.05, 0) is 20.3 Å². The Labute approximate surface area is 72.3 Å². The van der Waals surface area contributed by atoms with Crippen LogP contribution in [0.15, 0.2) is 28.1 Å². The number of hydrogen-bond donors (Lipinski definition) is 0. The molecule has 11 heavy (non-hydrogen) atoms. The lowest BCUT2D eigenvalue weighted by Gasteiger charge is -1.99. The van der Waals surface area contributed by atoms with Gasteiger partial charge in [0.1, 0.15) is 0 Å². The molecule has 1 aliphatic rings. The maximum absolute atomic E-state index is 4.24. The maximum Gasteiger partial charge on any atom is 0.0786 e. The van der Waals surface area contributed by atoms with Gasteiger partial charge in [-0.2, -0.15) is 0 Å². The highest BCUT2D eigenvalue weighted by Crippen LogP contribution is 2.26. The van der Waals surface area contributed by atoms with Gasteiger partial charge in [-0.15, -0.1) is 0 Å². The minimum atomic E-state index is 0.394. The average Bonchev–Trinajstić information content (AvgIpc) is 2.37. The van der Waals surface area contributed by atoms with Crippen molar-refractivity contribution in [2.45, 2.75) is 26.3 Å². The first-order valence-electron chi connectivity index (χ1n) is 3.84. The molecule has 0 aromatic heterocycles. The number of rotatable bonds is 2. The van der Waals surface area contributed by atoms with E-state index in [0.29, 0.717) is 6.04 Å². The molecule has 0 saturated heterocycles. The number of hydrogen-bond acceptors (Lipinski definition) is 2. The van der Waals surface area contributed by atoms with Gasteiger partial charge < -0.3 is 0 Å². The summed E-state index contributed by atoms with van der Waals surface area (Å²) in [7, 11) is 0. The predicted octanol–water partition coefficient (Wildman–Crippen LogP) is 3.00. The highest BCUT2D eigenvalue weighted by molar-refractivity contribution is 8.15. The van der Waals surface area contributed by atoms with Gasteiger partial charge in [0, 0.05) is 4.91 Å². The van der Waals surface area contributed by atoms with E-state index < -0.39 is 0 Å². The Balaban J connectivity index is 2.41. The van der Waals surface area contributed by atoms with Crippen molar-refractivity contribution in [1.82, 2.24) is 0 Å². The van der Waals surface area contributed by atoms with Gasteiger partial charge in [0.2, 0.25) is 0 Å². The van der Waals surface area contributed by atoms with Gasteiger partial charge in [-0.3, -0.25) is 4.99 Å². The second-order valence-corrected chi connectivity index (χ2v) is 3.38. The van der Waals surface area contributed by atoms with Crippen LogP contribution in [0.4, 0.5) is 0 Å². The fourth-order valence-corrected chi connectivity index (χ4v) is 1.71. The molecule has 0 amide bonds. The summed E-state index contributed by atoms with van der Waals surface area (Å²) in [6.07, 6.45) is 7.50. The molecule has 0 aromatic rings. The van der Waals surface area contributed by atoms with E-state index >= 15 is 0 Å². The van der Waals surface area contributed by atoms with E-state index in [2.05, 4.69) is 30.1 Å². The molecular formula is C9H13NS. The Kier molecular flexibility index (Phi) is 3.43. The van der Waals surface area contributed by atoms with Crippen LogP contribution in [0.3, 0.4) is 0 Å². The summed E-state index contributed by atoms with van der Waals surface area (Å²) < 4.78 is 0. The zero-order chi connectivity index (χ0) is 8.10. The summed E-state index contributed by atoms with van der Waals surface area (Å²) in [6, 6.07) is 0.394. The zero-order valence-corrected chi connectivity index (χ0v) is 7.77. The Bertz CT molecular complexity index is 204. The molecular weight excluding hydrogens is 154 g/mol. The van der Waals surface area contributed by atoms with E-state index in [1.165, 1.54) is 4.91 Å². The largest absolute Gasteiger partial charge is 0.278 e. The molecule has 0 aliphatic carbocycles. The van der Waals surface area contributed by atoms with Crippen LogP contribution in [0.1, 0.15) is 20.3 Å². The molecule has 0 fully saturated rings. The third-order valence-electron chi connectivity index (χ3n) is 1.58. The van der Waals surface area contributed by atoms with Crippen molar-refractivity contribution < 1.29 is 0 Å². The van der Waals surface area contributed by atoms with Crippen LogP contribution in [0.2, 0.25) is 0 Å². The summed E-state index contributed by atoms with van der Waals surface area (Å²) in [6.45, 7) is 4.16. The summed E-state index contributed by atoms with van der Waals surface area (Å²) in [5.74, 6) is 0. The van der Waals surface area contributed by atoms with Crippen molar-refractivity contribution in [1.29, 1.82) is 0 Å². The topological polar surface area (TPSA) is 12.4 Å². The molecule has 0 radical (unpaired) electrons. The molecule has 60 valence electrons. The Morgan fingerprint density at radius 1 is 1.73 bits per heavy atom. The normalized spacial score (nSPS) is 27.5. The van der Waals surface area contributed by atoms with E-state index in [0.717, 1.165) is 6.42 Å². The zero-order valence-electron chi connectivity index (χ0n) is 6.95. The monoisotopic (exact) mass is 167 g/mol. The predicted molar refractivity (Wildman–Crippen MR) is 53.1 cm³/mol. The molecule has 1 rings (SSSR count). The van der Waals surface area contributed by atoms with Gasteiger partial charge in [-0.25, -0.2) is 0 Å². The fraction of sp³-hybridized carbons (Fsp3) is 0.444. The first-order valence-corrected chi connectivity index (χ1v) is 4.72. The summed E-state index contributed by atoms with van der Waals surface area (Å²) in [4.78, 5) is 5.62. The van der Waals surface area contributed by atoms with Crippen molar-refractivity contribution in [2.24, 2.45) is 4.99 Å². The van der Waals surface area contributed by atoms with Crippen LogP contribution >= 0.6 is 11.8 Å². The minimum Gasteiger partial charge on any atom is -0.278 e. The Morgan fingerprint density at radius 3 is 3.09 bits per heavy atom. The van der Waals surface area contributed by atoms with Crippen LogP contribution < -0.4 is 0 Å². The second kappa shape index (κ2) is 4.39. The lowest BCUT2D eigenvalue weighted by molar-refractivity contribution is 0.924. The van der Waals surface area contributed by atoms with Crippen LogP contribution in [-0.2, 0) is 0 Å². The fourth-order valence-electron chi connectivity index (χ4n) is 0.893. The quantitative estimate of drug-likeness (QED) is 0.576. The summed E-state index contributed by atoms with van der Waals surface area (Å²) in [5, 5.41) is 0. The first-order chi connectivity index (χ1) is 5.34.